The lowest BCUT2D eigenvalue weighted by Crippen LogP contribution is -2.60. The van der Waals surface area contributed by atoms with Gasteiger partial charge in [-0.2, -0.15) is 0 Å². The van der Waals surface area contributed by atoms with Crippen molar-refractivity contribution in [3.63, 3.8) is 0 Å². The highest BCUT2D eigenvalue weighted by atomic mass is 28.2. The number of aromatic amines is 1. The van der Waals surface area contributed by atoms with Gasteiger partial charge in [0.25, 0.3) is 0 Å². The Labute approximate surface area is 555 Å². The third-order valence-electron chi connectivity index (χ3n) is 17.0. The molecule has 2 aromatic heterocycles. The van der Waals surface area contributed by atoms with Crippen molar-refractivity contribution in [3.8, 4) is 0 Å². The molecule has 0 spiro atoms. The second kappa shape index (κ2) is 36.7. The van der Waals surface area contributed by atoms with Crippen LogP contribution in [0.2, 0.25) is 5.54 Å². The molecular weight excluding hydrogens is 1270 g/mol. The van der Waals surface area contributed by atoms with Gasteiger partial charge in [0.1, 0.15) is 62.9 Å². The van der Waals surface area contributed by atoms with Crippen molar-refractivity contribution in [2.24, 2.45) is 34.8 Å². The third kappa shape index (κ3) is 22.1. The quantitative estimate of drug-likeness (QED) is 0.0111. The highest BCUT2D eigenvalue weighted by molar-refractivity contribution is 6.78. The predicted octanol–water partition coefficient (Wildman–Crippen LogP) is -4.58. The van der Waals surface area contributed by atoms with Crippen LogP contribution in [0.4, 0.5) is 0 Å². The number of aromatic nitrogens is 4. The van der Waals surface area contributed by atoms with Crippen LogP contribution in [-0.4, -0.2) is 208 Å². The summed E-state index contributed by atoms with van der Waals surface area (Å²) in [5.41, 5.74) is 23.7. The fraction of sp³-hybridized carbons (Fsp3) is 0.541. The average Bonchev–Trinajstić information content (AvgIpc) is 1.62. The zero-order chi connectivity index (χ0) is 71.1. The SMILES string of the molecule is CCC(C)[C@H](NC(=O)[C@@H](N)CCCNC(=N)N)C(=O)N[C@@H](CC(N)=O)C(=O)[SiH2][C@@H](CC(N)=O)C(=O)N[C@H](C(=O)N1C[C@@H](n2cc(C3=CC=CC3)nn2)CC1C(=O)N[C@@H](Cc1c[nH]c2ccccc12)C(=O)N[C@@H](CO)C(=O)N[C@@H](CCC(=O)O)C(=O)N[C@@H](C)C(=O)NC)C(C)CC. The number of fused-ring (bicyclic) bond motifs is 1. The molecule has 1 aliphatic carbocycles. The molecular formula is C61H91N19O15Si. The summed E-state index contributed by atoms with van der Waals surface area (Å²) in [5.74, 6) is -12.9. The minimum absolute atomic E-state index is 0.140. The predicted molar refractivity (Wildman–Crippen MR) is 351 cm³/mol. The van der Waals surface area contributed by atoms with E-state index in [-0.39, 0.29) is 44.7 Å². The van der Waals surface area contributed by atoms with Crippen LogP contribution in [0.25, 0.3) is 16.5 Å². The molecule has 0 bridgehead atoms. The minimum atomic E-state index is -2.62. The summed E-state index contributed by atoms with van der Waals surface area (Å²) in [4.78, 5) is 183. The smallest absolute Gasteiger partial charge is 0.303 e. The lowest BCUT2D eigenvalue weighted by molar-refractivity contribution is -0.143. The number of aliphatic carboxylic acids is 1. The highest BCUT2D eigenvalue weighted by Gasteiger charge is 2.46. The van der Waals surface area contributed by atoms with Crippen molar-refractivity contribution in [1.29, 1.82) is 5.41 Å². The monoisotopic (exact) mass is 1360 g/mol. The second-order valence-electron chi connectivity index (χ2n) is 24.1. The molecule has 1 fully saturated rings. The molecule has 5 rings (SSSR count). The number of likely N-dealkylation sites (tertiary alicyclic amines) is 1. The minimum Gasteiger partial charge on any atom is -0.481 e. The van der Waals surface area contributed by atoms with Gasteiger partial charge in [0.15, 0.2) is 5.96 Å². The number of benzene rings is 1. The molecule has 0 radical (unpaired) electrons. The number of nitrogens with zero attached hydrogens (tertiary/aromatic N) is 4. The number of para-hydroxylation sites is 1. The van der Waals surface area contributed by atoms with E-state index in [0.717, 1.165) is 5.57 Å². The Balaban J connectivity index is 1.47. The van der Waals surface area contributed by atoms with E-state index in [1.807, 2.05) is 18.2 Å². The van der Waals surface area contributed by atoms with Crippen molar-refractivity contribution >= 4 is 108 Å². The Morgan fingerprint density at radius 2 is 1.40 bits per heavy atom. The van der Waals surface area contributed by atoms with E-state index < -0.39 is 196 Å². The number of aliphatic hydroxyl groups excluding tert-OH is 1. The van der Waals surface area contributed by atoms with E-state index in [1.165, 1.54) is 23.6 Å². The largest absolute Gasteiger partial charge is 0.481 e. The summed E-state index contributed by atoms with van der Waals surface area (Å²) < 4.78 is 1.48. The number of rotatable bonds is 39. The van der Waals surface area contributed by atoms with Crippen LogP contribution in [-0.2, 0) is 68.7 Å². The molecule has 0 saturated carbocycles. The van der Waals surface area contributed by atoms with Crippen LogP contribution in [0.3, 0.4) is 0 Å². The van der Waals surface area contributed by atoms with E-state index in [4.69, 9.17) is 28.3 Å². The molecule has 3 unspecified atom stereocenters. The Hall–Kier alpha value is -9.90. The van der Waals surface area contributed by atoms with Gasteiger partial charge in [-0.3, -0.25) is 62.9 Å². The second-order valence-corrected chi connectivity index (χ2v) is 26.2. The molecule has 35 heteroatoms. The van der Waals surface area contributed by atoms with Gasteiger partial charge < -0.3 is 95.7 Å². The van der Waals surface area contributed by atoms with E-state index in [9.17, 15) is 63.0 Å². The summed E-state index contributed by atoms with van der Waals surface area (Å²) in [6, 6.07) is -6.86. The normalized spacial score (nSPS) is 17.8. The molecule has 3 aromatic rings. The number of guanidine groups is 1. The molecule has 34 nitrogen and oxygen atoms in total. The number of hydrogen-bond donors (Lipinski definition) is 17. The van der Waals surface area contributed by atoms with Gasteiger partial charge in [0.05, 0.1) is 37.4 Å². The van der Waals surface area contributed by atoms with Gasteiger partial charge in [0.2, 0.25) is 65.0 Å². The van der Waals surface area contributed by atoms with E-state index in [2.05, 4.69) is 63.1 Å². The van der Waals surface area contributed by atoms with Crippen molar-refractivity contribution < 1.29 is 72.5 Å². The maximum absolute atomic E-state index is 15.5. The zero-order valence-corrected chi connectivity index (χ0v) is 56.0. The Morgan fingerprint density at radius 3 is 2.02 bits per heavy atom. The number of allylic oxidation sites excluding steroid dienone is 4. The number of H-pyrrole nitrogens is 1. The standard InChI is InChI=1S/C61H91N19O15Si/c1-7-30(3)49(75-52(87)37(62)17-13-21-68-61(65)66)58(93)73-41(24-46(63)82)60(95)96-45(25-47(64)83)57(92)76-50(31(4)8-2)59(94)79-27-35(80-28-42(77-78-80)33-14-9-10-15-33)23-44(79)56(91)72-40(22-34-26-69-38-18-12-11-16-36(34)38)54(89)74-43(29-81)55(90)71-39(19-20-48(84)85)53(88)70-32(5)51(86)67-6/h9-12,14,16,18,26,28,30-32,35,37,39-41,43-45,49-50,69,81H,7-8,13,15,17,19-25,27,29,62,96H2,1-6H3,(H2,63,82)(H2,64,83)(H,67,86)(H,70,88)(H,71,90)(H,72,91)(H,73,93)(H,74,89)(H,75,87)(H,76,92)(H,84,85)(H4,65,66,68)/t30?,31?,32-,35-,37-,39-,40-,41-,43-,44?,45-,49-,50-/m0/s1. The van der Waals surface area contributed by atoms with E-state index >= 15 is 9.59 Å². The molecule has 2 aliphatic rings. The summed E-state index contributed by atoms with van der Waals surface area (Å²) in [6.07, 6.45) is 7.49. The molecule has 13 atom stereocenters. The topological polar surface area (TPSA) is 548 Å². The van der Waals surface area contributed by atoms with Crippen molar-refractivity contribution in [2.75, 3.05) is 26.7 Å². The number of carboxylic acids is 1. The summed E-state index contributed by atoms with van der Waals surface area (Å²) in [6.45, 7) is 7.04. The van der Waals surface area contributed by atoms with E-state index in [1.54, 1.807) is 64.4 Å². The molecule has 3 heterocycles. The number of amides is 11. The number of nitrogens with two attached hydrogens (primary N) is 4. The first kappa shape index (κ1) is 76.8. The third-order valence-corrected chi connectivity index (χ3v) is 19.0. The van der Waals surface area contributed by atoms with Crippen molar-refractivity contribution in [3.05, 3.63) is 66.1 Å². The molecule has 11 amide bonds. The highest BCUT2D eigenvalue weighted by Crippen LogP contribution is 2.32. The molecule has 96 heavy (non-hydrogen) atoms. The fourth-order valence-electron chi connectivity index (χ4n) is 11.0. The maximum atomic E-state index is 15.5. The average molecular weight is 1360 g/mol. The zero-order valence-electron chi connectivity index (χ0n) is 54.6. The summed E-state index contributed by atoms with van der Waals surface area (Å²) in [5, 5.41) is 58.7. The molecule has 1 saturated heterocycles. The summed E-state index contributed by atoms with van der Waals surface area (Å²) in [7, 11) is -1.29. The first-order valence-corrected chi connectivity index (χ1v) is 33.3. The van der Waals surface area contributed by atoms with Gasteiger partial charge >= 0.3 is 5.97 Å². The molecule has 524 valence electrons. The van der Waals surface area contributed by atoms with Gasteiger partial charge in [-0.15, -0.1) is 5.10 Å². The van der Waals surface area contributed by atoms with Crippen molar-refractivity contribution in [1.82, 2.24) is 72.7 Å². The number of carbonyl (C=O) groups excluding carboxylic acids is 12. The fourth-order valence-corrected chi connectivity index (χ4v) is 12.7. The first-order valence-electron chi connectivity index (χ1n) is 31.7. The van der Waals surface area contributed by atoms with Gasteiger partial charge in [-0.05, 0) is 61.6 Å². The van der Waals surface area contributed by atoms with Crippen LogP contribution >= 0.6 is 0 Å². The van der Waals surface area contributed by atoms with Crippen molar-refractivity contribution in [2.45, 2.75) is 171 Å². The Morgan fingerprint density at radius 1 is 0.760 bits per heavy atom. The lowest BCUT2D eigenvalue weighted by atomic mass is 9.97. The number of carboxylic acid groups (broad SMARTS) is 1. The number of likely N-dealkylation sites (N-methyl/N-ethyl adjacent to an activating group) is 1. The van der Waals surface area contributed by atoms with Crippen LogP contribution in [0.5, 0.6) is 0 Å². The molecule has 1 aliphatic heterocycles. The summed E-state index contributed by atoms with van der Waals surface area (Å²) >= 11 is 0. The lowest BCUT2D eigenvalue weighted by Gasteiger charge is -2.33. The van der Waals surface area contributed by atoms with Gasteiger partial charge in [0, 0.05) is 68.5 Å². The van der Waals surface area contributed by atoms with Gasteiger partial charge in [-0.1, -0.05) is 82.2 Å². The Bertz CT molecular complexity index is 3410. The number of primary amides is 2. The van der Waals surface area contributed by atoms with Crippen LogP contribution in [0.15, 0.2) is 54.9 Å². The van der Waals surface area contributed by atoms with E-state index in [0.29, 0.717) is 41.4 Å². The number of hydrogen-bond acceptors (Lipinski definition) is 18. The van der Waals surface area contributed by atoms with Crippen LogP contribution in [0.1, 0.15) is 116 Å². The number of aliphatic hydroxyl groups is 1. The Kier molecular flexibility index (Phi) is 29.3. The molecule has 1 aromatic carbocycles. The first-order chi connectivity index (χ1) is 45.5. The maximum Gasteiger partial charge on any atom is 0.303 e. The van der Waals surface area contributed by atoms with Crippen LogP contribution < -0.4 is 70.8 Å². The molecule has 21 N–H and O–H groups in total. The number of carbonyl (C=O) groups is 13. The van der Waals surface area contributed by atoms with Crippen LogP contribution in [0, 0.1) is 17.2 Å². The van der Waals surface area contributed by atoms with Gasteiger partial charge in [-0.25, -0.2) is 4.68 Å². The number of nitrogens with one attached hydrogen (secondary N) is 11.